The first-order chi connectivity index (χ1) is 6.97. The molecule has 0 bridgehead atoms. The molecule has 0 radical (unpaired) electrons. The van der Waals surface area contributed by atoms with Gasteiger partial charge in [0.15, 0.2) is 0 Å². The van der Waals surface area contributed by atoms with Gasteiger partial charge in [0.05, 0.1) is 12.5 Å². The summed E-state index contributed by atoms with van der Waals surface area (Å²) < 4.78 is 5.40. The van der Waals surface area contributed by atoms with E-state index in [0.717, 1.165) is 11.3 Å². The number of hydrogen-bond acceptors (Lipinski definition) is 3. The molecule has 1 unspecified atom stereocenters. The number of benzene rings is 1. The first-order valence-corrected chi connectivity index (χ1v) is 5.48. The molecule has 0 heterocycles. The van der Waals surface area contributed by atoms with E-state index in [1.165, 1.54) is 11.1 Å². The highest BCUT2D eigenvalue weighted by Gasteiger charge is 2.17. The van der Waals surface area contributed by atoms with Gasteiger partial charge in [-0.3, -0.25) is 4.90 Å². The molecule has 2 nitrogen and oxygen atoms in total. The average Bonchev–Trinajstić information content (AvgIpc) is 2.15. The van der Waals surface area contributed by atoms with Gasteiger partial charge < -0.3 is 4.74 Å². The smallest absolute Gasteiger partial charge is 0.125 e. The third-order valence-electron chi connectivity index (χ3n) is 2.46. The highest BCUT2D eigenvalue weighted by atomic mass is 32.1. The molecule has 3 heteroatoms. The van der Waals surface area contributed by atoms with E-state index >= 15 is 0 Å². The number of aryl methyl sites for hydroxylation is 2. The summed E-state index contributed by atoms with van der Waals surface area (Å²) in [5.41, 5.74) is 3.59. The molecule has 0 saturated carbocycles. The topological polar surface area (TPSA) is 12.5 Å². The van der Waals surface area contributed by atoms with Gasteiger partial charge in [-0.15, -0.1) is 0 Å². The van der Waals surface area contributed by atoms with Crippen molar-refractivity contribution in [2.45, 2.75) is 19.2 Å². The second kappa shape index (κ2) is 4.90. The van der Waals surface area contributed by atoms with E-state index in [1.54, 1.807) is 7.11 Å². The molecule has 1 atom stereocenters. The SMILES string of the molecule is COc1cc(C)cc(C)c1C(S)N(C)C. The summed E-state index contributed by atoms with van der Waals surface area (Å²) >= 11 is 4.59. The highest BCUT2D eigenvalue weighted by molar-refractivity contribution is 7.80. The van der Waals surface area contributed by atoms with E-state index in [4.69, 9.17) is 4.74 Å². The van der Waals surface area contributed by atoms with Crippen LogP contribution in [0.2, 0.25) is 0 Å². The lowest BCUT2D eigenvalue weighted by atomic mass is 10.0. The summed E-state index contributed by atoms with van der Waals surface area (Å²) in [6.07, 6.45) is 0. The number of nitrogens with zero attached hydrogens (tertiary/aromatic N) is 1. The van der Waals surface area contributed by atoms with Gasteiger partial charge in [-0.25, -0.2) is 0 Å². The first-order valence-electron chi connectivity index (χ1n) is 4.97. The Morgan fingerprint density at radius 1 is 1.27 bits per heavy atom. The second-order valence-electron chi connectivity index (χ2n) is 4.04. The van der Waals surface area contributed by atoms with Crippen molar-refractivity contribution >= 4 is 12.6 Å². The minimum absolute atomic E-state index is 0.0700. The maximum atomic E-state index is 5.40. The molecule has 0 saturated heterocycles. The fourth-order valence-corrected chi connectivity index (χ4v) is 2.03. The van der Waals surface area contributed by atoms with Crippen LogP contribution >= 0.6 is 12.6 Å². The maximum Gasteiger partial charge on any atom is 0.125 e. The standard InChI is InChI=1S/C12H19NOS/c1-8-6-9(2)11(10(7-8)14-5)12(15)13(3)4/h6-7,12,15H,1-5H3. The van der Waals surface area contributed by atoms with Crippen LogP contribution in [0, 0.1) is 13.8 Å². The molecule has 0 aromatic heterocycles. The van der Waals surface area contributed by atoms with Crippen LogP contribution in [0.5, 0.6) is 5.75 Å². The van der Waals surface area contributed by atoms with E-state index in [0.29, 0.717) is 0 Å². The van der Waals surface area contributed by atoms with Crippen molar-refractivity contribution in [3.05, 3.63) is 28.8 Å². The van der Waals surface area contributed by atoms with Crippen molar-refractivity contribution in [3.8, 4) is 5.75 Å². The van der Waals surface area contributed by atoms with Crippen molar-refractivity contribution in [1.29, 1.82) is 0 Å². The lowest BCUT2D eigenvalue weighted by Crippen LogP contribution is -2.16. The van der Waals surface area contributed by atoms with Crippen LogP contribution in [0.15, 0.2) is 12.1 Å². The molecular weight excluding hydrogens is 206 g/mol. The van der Waals surface area contributed by atoms with Crippen LogP contribution in [-0.4, -0.2) is 26.1 Å². The lowest BCUT2D eigenvalue weighted by Gasteiger charge is -2.23. The van der Waals surface area contributed by atoms with Gasteiger partial charge in [-0.2, -0.15) is 12.6 Å². The lowest BCUT2D eigenvalue weighted by molar-refractivity contribution is 0.365. The van der Waals surface area contributed by atoms with E-state index < -0.39 is 0 Å². The summed E-state index contributed by atoms with van der Waals surface area (Å²) in [7, 11) is 5.72. The Balaban J connectivity index is 3.26. The molecule has 0 aliphatic rings. The third kappa shape index (κ3) is 2.67. The normalized spacial score (nSPS) is 13.0. The quantitative estimate of drug-likeness (QED) is 0.627. The fraction of sp³-hybridized carbons (Fsp3) is 0.500. The van der Waals surface area contributed by atoms with Crippen LogP contribution in [0.1, 0.15) is 22.1 Å². The minimum Gasteiger partial charge on any atom is -0.496 e. The Labute approximate surface area is 97.6 Å². The summed E-state index contributed by atoms with van der Waals surface area (Å²) in [5, 5.41) is 0.0700. The van der Waals surface area contributed by atoms with Gasteiger partial charge in [-0.05, 0) is 45.1 Å². The molecule has 1 aromatic carbocycles. The molecule has 1 aromatic rings. The molecule has 1 rings (SSSR count). The Kier molecular flexibility index (Phi) is 4.05. The molecule has 0 amide bonds. The number of rotatable bonds is 3. The predicted molar refractivity (Wildman–Crippen MR) is 67.9 cm³/mol. The van der Waals surface area contributed by atoms with Crippen molar-refractivity contribution in [2.24, 2.45) is 0 Å². The first kappa shape index (κ1) is 12.4. The maximum absolute atomic E-state index is 5.40. The second-order valence-corrected chi connectivity index (χ2v) is 4.52. The van der Waals surface area contributed by atoms with Crippen molar-refractivity contribution in [1.82, 2.24) is 4.90 Å². The summed E-state index contributed by atoms with van der Waals surface area (Å²) in [4.78, 5) is 2.06. The minimum atomic E-state index is 0.0700. The van der Waals surface area contributed by atoms with Gasteiger partial charge in [0.2, 0.25) is 0 Å². The van der Waals surface area contributed by atoms with Crippen molar-refractivity contribution in [2.75, 3.05) is 21.2 Å². The largest absolute Gasteiger partial charge is 0.496 e. The van der Waals surface area contributed by atoms with Crippen LogP contribution in [-0.2, 0) is 0 Å². The van der Waals surface area contributed by atoms with E-state index in [1.807, 2.05) is 14.1 Å². The zero-order valence-corrected chi connectivity index (χ0v) is 10.9. The Hall–Kier alpha value is -0.670. The summed E-state index contributed by atoms with van der Waals surface area (Å²) in [6, 6.07) is 4.21. The Morgan fingerprint density at radius 3 is 2.33 bits per heavy atom. The molecule has 0 aliphatic carbocycles. The zero-order valence-electron chi connectivity index (χ0n) is 10.0. The monoisotopic (exact) mass is 225 g/mol. The van der Waals surface area contributed by atoms with Crippen LogP contribution in [0.4, 0.5) is 0 Å². The predicted octanol–water partition coefficient (Wildman–Crippen LogP) is 2.80. The van der Waals surface area contributed by atoms with E-state index in [-0.39, 0.29) is 5.37 Å². The zero-order chi connectivity index (χ0) is 11.6. The van der Waals surface area contributed by atoms with Gasteiger partial charge in [0.1, 0.15) is 5.75 Å². The molecule has 15 heavy (non-hydrogen) atoms. The number of thiol groups is 1. The van der Waals surface area contributed by atoms with E-state index in [2.05, 4.69) is 43.5 Å². The summed E-state index contributed by atoms with van der Waals surface area (Å²) in [5.74, 6) is 0.918. The summed E-state index contributed by atoms with van der Waals surface area (Å²) in [6.45, 7) is 4.17. The molecule has 0 fully saturated rings. The van der Waals surface area contributed by atoms with Crippen LogP contribution < -0.4 is 4.74 Å². The average molecular weight is 225 g/mol. The van der Waals surface area contributed by atoms with Gasteiger partial charge in [0.25, 0.3) is 0 Å². The number of hydrogen-bond donors (Lipinski definition) is 1. The van der Waals surface area contributed by atoms with Gasteiger partial charge in [0, 0.05) is 5.56 Å². The molecule has 0 N–H and O–H groups in total. The highest BCUT2D eigenvalue weighted by Crippen LogP contribution is 2.34. The fourth-order valence-electron chi connectivity index (χ4n) is 1.70. The number of ether oxygens (including phenoxy) is 1. The Morgan fingerprint density at radius 2 is 1.87 bits per heavy atom. The van der Waals surface area contributed by atoms with Gasteiger partial charge in [-0.1, -0.05) is 6.07 Å². The van der Waals surface area contributed by atoms with E-state index in [9.17, 15) is 0 Å². The molecule has 0 spiro atoms. The van der Waals surface area contributed by atoms with Crippen molar-refractivity contribution < 1.29 is 4.74 Å². The molecule has 0 aliphatic heterocycles. The molecular formula is C12H19NOS. The third-order valence-corrected chi connectivity index (χ3v) is 3.18. The van der Waals surface area contributed by atoms with Crippen molar-refractivity contribution in [3.63, 3.8) is 0 Å². The van der Waals surface area contributed by atoms with Gasteiger partial charge >= 0.3 is 0 Å². The van der Waals surface area contributed by atoms with Crippen LogP contribution in [0.25, 0.3) is 0 Å². The molecule has 84 valence electrons. The Bertz CT molecular complexity index is 350. The van der Waals surface area contributed by atoms with Crippen LogP contribution in [0.3, 0.4) is 0 Å². The number of methoxy groups -OCH3 is 1.